The molecule has 2 N–H and O–H groups in total. The number of ether oxygens (including phenoxy) is 2. The molecule has 0 spiro atoms. The highest BCUT2D eigenvalue weighted by atomic mass is 35.5. The van der Waals surface area contributed by atoms with Crippen molar-refractivity contribution in [3.8, 4) is 11.5 Å². The Morgan fingerprint density at radius 2 is 1.58 bits per heavy atom. The Labute approximate surface area is 161 Å². The molecule has 2 amide bonds. The largest absolute Gasteiger partial charge is 0.493 e. The second-order valence-electron chi connectivity index (χ2n) is 5.35. The van der Waals surface area contributed by atoms with Crippen LogP contribution in [0.3, 0.4) is 0 Å². The molecular formula is C18H18Cl2N2O4. The zero-order valence-electron chi connectivity index (χ0n) is 14.3. The molecule has 138 valence electrons. The van der Waals surface area contributed by atoms with Crippen LogP contribution in [0.5, 0.6) is 11.5 Å². The molecule has 0 bridgehead atoms. The molecule has 2 rings (SSSR count). The summed E-state index contributed by atoms with van der Waals surface area (Å²) in [6, 6.07) is 9.95. The van der Waals surface area contributed by atoms with Crippen LogP contribution in [-0.2, 0) is 16.1 Å². The number of anilines is 1. The maximum atomic E-state index is 11.9. The Balaban J connectivity index is 1.87. The van der Waals surface area contributed by atoms with Crippen molar-refractivity contribution in [2.24, 2.45) is 0 Å². The van der Waals surface area contributed by atoms with E-state index in [4.69, 9.17) is 32.7 Å². The summed E-state index contributed by atoms with van der Waals surface area (Å²) < 4.78 is 10.4. The average molecular weight is 397 g/mol. The number of amides is 2. The smallest absolute Gasteiger partial charge is 0.233 e. The van der Waals surface area contributed by atoms with Crippen LogP contribution in [-0.4, -0.2) is 26.0 Å². The first-order valence-electron chi connectivity index (χ1n) is 7.65. The minimum atomic E-state index is -0.465. The highest BCUT2D eigenvalue weighted by Gasteiger charge is 2.11. The zero-order chi connectivity index (χ0) is 19.1. The van der Waals surface area contributed by atoms with Crippen LogP contribution < -0.4 is 20.1 Å². The summed E-state index contributed by atoms with van der Waals surface area (Å²) in [5.41, 5.74) is 1.25. The Morgan fingerprint density at radius 1 is 0.923 bits per heavy atom. The van der Waals surface area contributed by atoms with Gasteiger partial charge in [-0.3, -0.25) is 9.59 Å². The highest BCUT2D eigenvalue weighted by molar-refractivity contribution is 6.35. The number of nitrogens with one attached hydrogen (secondary N) is 2. The van der Waals surface area contributed by atoms with Gasteiger partial charge in [-0.2, -0.15) is 0 Å². The van der Waals surface area contributed by atoms with E-state index >= 15 is 0 Å². The first kappa shape index (κ1) is 19.9. The lowest BCUT2D eigenvalue weighted by molar-refractivity contribution is -0.126. The summed E-state index contributed by atoms with van der Waals surface area (Å²) in [6.07, 6.45) is -0.322. The van der Waals surface area contributed by atoms with Gasteiger partial charge in [0.2, 0.25) is 11.8 Å². The second kappa shape index (κ2) is 9.31. The molecule has 0 unspecified atom stereocenters. The van der Waals surface area contributed by atoms with Crippen molar-refractivity contribution in [3.63, 3.8) is 0 Å². The molecule has 0 aliphatic heterocycles. The molecule has 0 aliphatic rings. The summed E-state index contributed by atoms with van der Waals surface area (Å²) >= 11 is 11.7. The van der Waals surface area contributed by atoms with Crippen LogP contribution in [0.2, 0.25) is 10.0 Å². The fourth-order valence-electron chi connectivity index (χ4n) is 2.23. The molecule has 8 heteroatoms. The number of hydrogen-bond acceptors (Lipinski definition) is 4. The van der Waals surface area contributed by atoms with E-state index in [1.165, 1.54) is 7.11 Å². The van der Waals surface area contributed by atoms with Gasteiger partial charge in [-0.05, 0) is 35.9 Å². The van der Waals surface area contributed by atoms with E-state index in [0.717, 1.165) is 5.56 Å². The predicted molar refractivity (Wildman–Crippen MR) is 101 cm³/mol. The van der Waals surface area contributed by atoms with Gasteiger partial charge >= 0.3 is 0 Å². The number of halogens is 2. The molecule has 0 saturated heterocycles. The summed E-state index contributed by atoms with van der Waals surface area (Å²) in [4.78, 5) is 23.9. The van der Waals surface area contributed by atoms with E-state index in [-0.39, 0.29) is 13.0 Å². The zero-order valence-corrected chi connectivity index (χ0v) is 15.8. The van der Waals surface area contributed by atoms with Gasteiger partial charge in [-0.15, -0.1) is 0 Å². The number of rotatable bonds is 7. The number of benzene rings is 2. The van der Waals surface area contributed by atoms with Gasteiger partial charge < -0.3 is 20.1 Å². The van der Waals surface area contributed by atoms with E-state index in [0.29, 0.717) is 27.2 Å². The summed E-state index contributed by atoms with van der Waals surface area (Å²) in [5, 5.41) is 6.05. The molecule has 0 aromatic heterocycles. The van der Waals surface area contributed by atoms with Crippen LogP contribution in [0.1, 0.15) is 12.0 Å². The summed E-state index contributed by atoms with van der Waals surface area (Å²) in [5.74, 6) is 0.288. The van der Waals surface area contributed by atoms with E-state index in [2.05, 4.69) is 10.6 Å². The topological polar surface area (TPSA) is 76.7 Å². The summed E-state index contributed by atoms with van der Waals surface area (Å²) in [7, 11) is 3.08. The van der Waals surface area contributed by atoms with Crippen LogP contribution in [0.4, 0.5) is 5.69 Å². The van der Waals surface area contributed by atoms with Crippen molar-refractivity contribution < 1.29 is 19.1 Å². The summed E-state index contributed by atoms with van der Waals surface area (Å²) in [6.45, 7) is 0.259. The third-order valence-corrected chi connectivity index (χ3v) is 3.84. The molecule has 0 aliphatic carbocycles. The Kier molecular flexibility index (Phi) is 7.12. The second-order valence-corrected chi connectivity index (χ2v) is 6.22. The third kappa shape index (κ3) is 5.82. The van der Waals surface area contributed by atoms with Crippen LogP contribution >= 0.6 is 23.2 Å². The highest BCUT2D eigenvalue weighted by Crippen LogP contribution is 2.27. The van der Waals surface area contributed by atoms with Crippen molar-refractivity contribution in [1.82, 2.24) is 5.32 Å². The lowest BCUT2D eigenvalue weighted by Crippen LogP contribution is -2.27. The maximum Gasteiger partial charge on any atom is 0.233 e. The van der Waals surface area contributed by atoms with Crippen molar-refractivity contribution in [1.29, 1.82) is 0 Å². The minimum absolute atomic E-state index is 0.259. The molecule has 2 aromatic carbocycles. The van der Waals surface area contributed by atoms with Crippen molar-refractivity contribution in [3.05, 3.63) is 52.0 Å². The van der Waals surface area contributed by atoms with Crippen LogP contribution in [0.15, 0.2) is 36.4 Å². The molecule has 0 atom stereocenters. The normalized spacial score (nSPS) is 10.2. The molecule has 0 radical (unpaired) electrons. The Morgan fingerprint density at radius 3 is 2.19 bits per heavy atom. The SMILES string of the molecule is COc1ccc(CNC(=O)CC(=O)Nc2cc(Cl)cc(Cl)c2)cc1OC. The molecule has 0 fully saturated rings. The lowest BCUT2D eigenvalue weighted by Gasteiger charge is -2.10. The van der Waals surface area contributed by atoms with E-state index in [1.54, 1.807) is 43.5 Å². The first-order chi connectivity index (χ1) is 12.4. The molecule has 0 heterocycles. The third-order valence-electron chi connectivity index (χ3n) is 3.41. The van der Waals surface area contributed by atoms with Gasteiger partial charge in [0.25, 0.3) is 0 Å². The fraction of sp³-hybridized carbons (Fsp3) is 0.222. The Hall–Kier alpha value is -2.44. The molecule has 0 saturated carbocycles. The quantitative estimate of drug-likeness (QED) is 0.700. The van der Waals surface area contributed by atoms with Crippen LogP contribution in [0.25, 0.3) is 0 Å². The van der Waals surface area contributed by atoms with Gasteiger partial charge in [0.15, 0.2) is 11.5 Å². The van der Waals surface area contributed by atoms with Gasteiger partial charge in [0.05, 0.1) is 14.2 Å². The average Bonchev–Trinajstić information content (AvgIpc) is 2.58. The van der Waals surface area contributed by atoms with Gasteiger partial charge in [0, 0.05) is 22.3 Å². The van der Waals surface area contributed by atoms with Crippen molar-refractivity contribution in [2.75, 3.05) is 19.5 Å². The molecule has 6 nitrogen and oxygen atoms in total. The van der Waals surface area contributed by atoms with E-state index in [1.807, 2.05) is 0 Å². The minimum Gasteiger partial charge on any atom is -0.493 e. The van der Waals surface area contributed by atoms with Gasteiger partial charge in [0.1, 0.15) is 6.42 Å². The number of carbonyl (C=O) groups is 2. The number of methoxy groups -OCH3 is 2. The predicted octanol–water partition coefficient (Wildman–Crippen LogP) is 3.66. The van der Waals surface area contributed by atoms with Crippen LogP contribution in [0, 0.1) is 0 Å². The van der Waals surface area contributed by atoms with Gasteiger partial charge in [-0.25, -0.2) is 0 Å². The maximum absolute atomic E-state index is 11.9. The van der Waals surface area contributed by atoms with Crippen molar-refractivity contribution >= 4 is 40.7 Å². The lowest BCUT2D eigenvalue weighted by atomic mass is 10.2. The van der Waals surface area contributed by atoms with E-state index in [9.17, 15) is 9.59 Å². The van der Waals surface area contributed by atoms with E-state index < -0.39 is 11.8 Å². The number of carbonyl (C=O) groups excluding carboxylic acids is 2. The number of hydrogen-bond donors (Lipinski definition) is 2. The van der Waals surface area contributed by atoms with Gasteiger partial charge in [-0.1, -0.05) is 29.3 Å². The fourth-order valence-corrected chi connectivity index (χ4v) is 2.76. The first-order valence-corrected chi connectivity index (χ1v) is 8.40. The molecule has 26 heavy (non-hydrogen) atoms. The Bertz CT molecular complexity index is 792. The molecular weight excluding hydrogens is 379 g/mol. The standard InChI is InChI=1S/C18H18Cl2N2O4/c1-25-15-4-3-11(5-16(15)26-2)10-21-17(23)9-18(24)22-14-7-12(19)6-13(20)8-14/h3-8H,9-10H2,1-2H3,(H,21,23)(H,22,24). The monoisotopic (exact) mass is 396 g/mol. The van der Waals surface area contributed by atoms with Crippen molar-refractivity contribution in [2.45, 2.75) is 13.0 Å². The molecule has 2 aromatic rings.